The van der Waals surface area contributed by atoms with Gasteiger partial charge in [0, 0.05) is 68.3 Å². The van der Waals surface area contributed by atoms with E-state index in [9.17, 15) is 4.79 Å². The minimum Gasteiger partial charge on any atom is -0.436 e. The third-order valence-corrected chi connectivity index (χ3v) is 6.94. The van der Waals surface area contributed by atoms with Crippen molar-refractivity contribution in [2.45, 2.75) is 13.8 Å². The molecule has 2 fully saturated rings. The van der Waals surface area contributed by atoms with Crippen LogP contribution < -0.4 is 4.90 Å². The predicted molar refractivity (Wildman–Crippen MR) is 141 cm³/mol. The highest BCUT2D eigenvalue weighted by Gasteiger charge is 2.19. The van der Waals surface area contributed by atoms with Gasteiger partial charge in [-0.1, -0.05) is 11.8 Å². The van der Waals surface area contributed by atoms with E-state index in [4.69, 9.17) is 9.47 Å². The summed E-state index contributed by atoms with van der Waals surface area (Å²) >= 11 is 0. The molecule has 0 saturated carbocycles. The maximum Gasteiger partial charge on any atom is 0.410 e. The number of aromatic amines is 1. The first-order valence-electron chi connectivity index (χ1n) is 12.5. The van der Waals surface area contributed by atoms with E-state index >= 15 is 0 Å². The summed E-state index contributed by atoms with van der Waals surface area (Å²) < 4.78 is 10.6. The fraction of sp³-hybridized carbons (Fsp3) is 0.429. The normalized spacial score (nSPS) is 16.6. The first-order valence-corrected chi connectivity index (χ1v) is 12.5. The molecule has 0 atom stereocenters. The van der Waals surface area contributed by atoms with Gasteiger partial charge in [0.2, 0.25) is 0 Å². The van der Waals surface area contributed by atoms with Gasteiger partial charge in [-0.2, -0.15) is 0 Å². The zero-order chi connectivity index (χ0) is 25.1. The Bertz CT molecular complexity index is 1280. The lowest BCUT2D eigenvalue weighted by molar-refractivity contribution is 0.0306. The van der Waals surface area contributed by atoms with Gasteiger partial charge in [-0.05, 0) is 55.8 Å². The number of pyridine rings is 1. The number of nitrogens with one attached hydrogen (secondary N) is 1. The molecule has 0 unspecified atom stereocenters. The monoisotopic (exact) mass is 487 g/mol. The number of aromatic nitrogens is 2. The van der Waals surface area contributed by atoms with Crippen molar-refractivity contribution in [3.8, 4) is 23.0 Å². The minimum atomic E-state index is -0.346. The van der Waals surface area contributed by atoms with Crippen LogP contribution in [-0.4, -0.2) is 92.0 Å². The van der Waals surface area contributed by atoms with E-state index in [0.717, 1.165) is 53.9 Å². The molecule has 0 spiro atoms. The van der Waals surface area contributed by atoms with Gasteiger partial charge in [-0.3, -0.25) is 0 Å². The summed E-state index contributed by atoms with van der Waals surface area (Å²) in [5.41, 5.74) is 7.74. The van der Waals surface area contributed by atoms with Crippen molar-refractivity contribution in [3.63, 3.8) is 0 Å². The molecule has 5 rings (SSSR count). The van der Waals surface area contributed by atoms with Gasteiger partial charge in [-0.15, -0.1) is 0 Å². The molecule has 0 radical (unpaired) electrons. The second kappa shape index (κ2) is 10.6. The number of nitrogens with zero attached hydrogens (tertiary/aromatic N) is 4. The smallest absolute Gasteiger partial charge is 0.410 e. The van der Waals surface area contributed by atoms with Crippen LogP contribution in [0, 0.1) is 25.7 Å². The van der Waals surface area contributed by atoms with Crippen molar-refractivity contribution < 1.29 is 14.3 Å². The molecule has 1 amide bonds. The van der Waals surface area contributed by atoms with E-state index in [2.05, 4.69) is 70.7 Å². The van der Waals surface area contributed by atoms with Crippen molar-refractivity contribution in [1.82, 2.24) is 19.8 Å². The summed E-state index contributed by atoms with van der Waals surface area (Å²) in [5, 5.41) is 0.956. The van der Waals surface area contributed by atoms with Crippen LogP contribution in [-0.2, 0) is 9.47 Å². The van der Waals surface area contributed by atoms with E-state index in [1.807, 2.05) is 12.4 Å². The van der Waals surface area contributed by atoms with Crippen LogP contribution in [0.4, 0.5) is 10.5 Å². The highest BCUT2D eigenvalue weighted by molar-refractivity contribution is 5.87. The number of H-pyrrole nitrogens is 1. The largest absolute Gasteiger partial charge is 0.436 e. The molecule has 4 heterocycles. The van der Waals surface area contributed by atoms with Gasteiger partial charge in [0.25, 0.3) is 0 Å². The molecule has 1 aromatic carbocycles. The second-order valence-corrected chi connectivity index (χ2v) is 9.53. The third kappa shape index (κ3) is 5.18. The third-order valence-electron chi connectivity index (χ3n) is 6.94. The molecule has 8 nitrogen and oxygen atoms in total. The van der Waals surface area contributed by atoms with Crippen LogP contribution >= 0.6 is 0 Å². The van der Waals surface area contributed by atoms with E-state index < -0.39 is 0 Å². The Labute approximate surface area is 212 Å². The number of benzene rings is 1. The average Bonchev–Trinajstić information content (AvgIpc) is 3.30. The molecule has 0 aliphatic carbocycles. The predicted octanol–water partition coefficient (Wildman–Crippen LogP) is 3.42. The Hall–Kier alpha value is -3.54. The number of aryl methyl sites for hydroxylation is 2. The molecular formula is C28H33N5O3. The lowest BCUT2D eigenvalue weighted by Crippen LogP contribution is -2.45. The Morgan fingerprint density at radius 3 is 2.50 bits per heavy atom. The zero-order valence-corrected chi connectivity index (χ0v) is 21.3. The Kier molecular flexibility index (Phi) is 7.12. The van der Waals surface area contributed by atoms with Gasteiger partial charge in [-0.25, -0.2) is 9.78 Å². The number of hydrogen-bond acceptors (Lipinski definition) is 6. The number of fused-ring (bicyclic) bond motifs is 1. The maximum absolute atomic E-state index is 12.1. The molecule has 8 heteroatoms. The second-order valence-electron chi connectivity index (χ2n) is 9.53. The van der Waals surface area contributed by atoms with Crippen LogP contribution in [0.1, 0.15) is 16.7 Å². The number of rotatable bonds is 3. The van der Waals surface area contributed by atoms with Crippen LogP contribution in [0.25, 0.3) is 22.2 Å². The fourth-order valence-corrected chi connectivity index (χ4v) is 4.98. The Morgan fingerprint density at radius 2 is 1.78 bits per heavy atom. The highest BCUT2D eigenvalue weighted by atomic mass is 16.6. The maximum atomic E-state index is 12.1. The Morgan fingerprint density at radius 1 is 1.06 bits per heavy atom. The molecule has 3 aromatic rings. The van der Waals surface area contributed by atoms with Crippen molar-refractivity contribution >= 4 is 22.8 Å². The summed E-state index contributed by atoms with van der Waals surface area (Å²) in [6.45, 7) is 10.9. The highest BCUT2D eigenvalue weighted by Crippen LogP contribution is 2.32. The first kappa shape index (κ1) is 24.2. The summed E-state index contributed by atoms with van der Waals surface area (Å²) in [5.74, 6) is 6.10. The number of carbonyl (C=O) groups excluding carboxylic acids is 1. The van der Waals surface area contributed by atoms with E-state index in [1.165, 1.54) is 16.8 Å². The van der Waals surface area contributed by atoms with Gasteiger partial charge in [0.1, 0.15) is 5.65 Å². The standard InChI is InChI=1S/C28H33N5O3/c1-20-15-23(16-21(2)26(20)32-8-6-31(3)7-9-32)24-17-25-22(18-29-27(25)30-19-24)5-4-12-36-28(34)33-10-13-35-14-11-33/h15-19H,6-14H2,1-3H3,(H,29,30). The quantitative estimate of drug-likeness (QED) is 0.571. The molecule has 188 valence electrons. The number of piperazine rings is 1. The Balaban J connectivity index is 1.32. The van der Waals surface area contributed by atoms with Crippen LogP contribution in [0.2, 0.25) is 0 Å². The summed E-state index contributed by atoms with van der Waals surface area (Å²) in [6.07, 6.45) is 3.41. The van der Waals surface area contributed by atoms with Gasteiger partial charge in [0.15, 0.2) is 6.61 Å². The average molecular weight is 488 g/mol. The number of anilines is 1. The lowest BCUT2D eigenvalue weighted by atomic mass is 9.98. The number of likely N-dealkylation sites (N-methyl/N-ethyl adjacent to an activating group) is 1. The van der Waals surface area contributed by atoms with Gasteiger partial charge >= 0.3 is 6.09 Å². The van der Waals surface area contributed by atoms with Crippen LogP contribution in [0.5, 0.6) is 0 Å². The molecule has 1 N–H and O–H groups in total. The van der Waals surface area contributed by atoms with E-state index in [-0.39, 0.29) is 12.7 Å². The first-order chi connectivity index (χ1) is 17.5. The van der Waals surface area contributed by atoms with E-state index in [1.54, 1.807) is 4.90 Å². The number of ether oxygens (including phenoxy) is 2. The van der Waals surface area contributed by atoms with Gasteiger partial charge < -0.3 is 29.2 Å². The van der Waals surface area contributed by atoms with E-state index in [0.29, 0.717) is 26.3 Å². The SMILES string of the molecule is Cc1cc(-c2cnc3[nH]cc(C#CCOC(=O)N4CCOCC4)c3c2)cc(C)c1N1CCN(C)CC1. The van der Waals surface area contributed by atoms with Crippen molar-refractivity contribution in [2.75, 3.05) is 71.0 Å². The summed E-state index contributed by atoms with van der Waals surface area (Å²) in [6, 6.07) is 6.64. The minimum absolute atomic E-state index is 0.0438. The topological polar surface area (TPSA) is 73.9 Å². The number of hydrogen-bond donors (Lipinski definition) is 1. The number of morpholine rings is 1. The fourth-order valence-electron chi connectivity index (χ4n) is 4.98. The lowest BCUT2D eigenvalue weighted by Gasteiger charge is -2.36. The molecule has 2 aromatic heterocycles. The van der Waals surface area contributed by atoms with Crippen molar-refractivity contribution in [1.29, 1.82) is 0 Å². The van der Waals surface area contributed by atoms with Crippen molar-refractivity contribution in [2.24, 2.45) is 0 Å². The molecule has 0 bridgehead atoms. The van der Waals surface area contributed by atoms with Crippen LogP contribution in [0.3, 0.4) is 0 Å². The molecule has 2 aliphatic rings. The molecule has 2 aliphatic heterocycles. The number of carbonyl (C=O) groups is 1. The summed E-state index contributed by atoms with van der Waals surface area (Å²) in [7, 11) is 2.18. The molecule has 36 heavy (non-hydrogen) atoms. The van der Waals surface area contributed by atoms with Crippen molar-refractivity contribution in [3.05, 3.63) is 47.3 Å². The summed E-state index contributed by atoms with van der Waals surface area (Å²) in [4.78, 5) is 26.5. The number of amides is 1. The molecular weight excluding hydrogens is 454 g/mol. The van der Waals surface area contributed by atoms with Gasteiger partial charge in [0.05, 0.1) is 18.8 Å². The zero-order valence-electron chi connectivity index (χ0n) is 21.3. The molecule has 2 saturated heterocycles. The van der Waals surface area contributed by atoms with Crippen LogP contribution in [0.15, 0.2) is 30.6 Å².